The van der Waals surface area contributed by atoms with Crippen LogP contribution in [0.5, 0.6) is 0 Å². The van der Waals surface area contributed by atoms with E-state index >= 15 is 0 Å². The average Bonchev–Trinajstić information content (AvgIpc) is 2.89. The summed E-state index contributed by atoms with van der Waals surface area (Å²) in [7, 11) is 0. The molecule has 2 atom stereocenters. The van der Waals surface area contributed by atoms with Gasteiger partial charge in [-0.05, 0) is 24.3 Å². The zero-order valence-electron chi connectivity index (χ0n) is 9.43. The van der Waals surface area contributed by atoms with Crippen molar-refractivity contribution < 1.29 is 13.9 Å². The maximum atomic E-state index is 12.8. The molecule has 3 nitrogen and oxygen atoms in total. The van der Waals surface area contributed by atoms with Gasteiger partial charge in [0.05, 0.1) is 13.2 Å². The number of ether oxygens (including phenoxy) is 1. The second-order valence-corrected chi connectivity index (χ2v) is 4.77. The molecule has 0 aliphatic carbocycles. The maximum absolute atomic E-state index is 12.8. The number of nitrogens with zero attached hydrogens (tertiary/aromatic N) is 1. The van der Waals surface area contributed by atoms with Crippen LogP contribution in [0.3, 0.4) is 0 Å². The normalized spacial score (nSPS) is 27.2. The Kier molecular flexibility index (Phi) is 2.59. The lowest BCUT2D eigenvalue weighted by molar-refractivity contribution is 0.0751. The summed E-state index contributed by atoms with van der Waals surface area (Å²) in [5, 5.41) is 0. The molecule has 2 saturated heterocycles. The number of halogens is 1. The van der Waals surface area contributed by atoms with Gasteiger partial charge in [0.2, 0.25) is 0 Å². The van der Waals surface area contributed by atoms with Crippen LogP contribution in [-0.2, 0) is 4.74 Å². The van der Waals surface area contributed by atoms with Crippen molar-refractivity contribution in [3.8, 4) is 0 Å². The van der Waals surface area contributed by atoms with E-state index in [2.05, 4.69) is 0 Å². The summed E-state index contributed by atoms with van der Waals surface area (Å²) in [5.41, 5.74) is 0.562. The van der Waals surface area contributed by atoms with Crippen molar-refractivity contribution in [1.29, 1.82) is 0 Å². The third-order valence-corrected chi connectivity index (χ3v) is 3.62. The molecule has 2 fully saturated rings. The van der Waals surface area contributed by atoms with Crippen LogP contribution in [-0.4, -0.2) is 37.1 Å². The number of likely N-dealkylation sites (tertiary alicyclic amines) is 1. The molecule has 0 N–H and O–H groups in total. The lowest BCUT2D eigenvalue weighted by Gasteiger charge is -2.17. The highest BCUT2D eigenvalue weighted by Crippen LogP contribution is 2.29. The van der Waals surface area contributed by atoms with Gasteiger partial charge >= 0.3 is 0 Å². The van der Waals surface area contributed by atoms with E-state index in [0.717, 1.165) is 26.3 Å². The molecule has 2 aliphatic rings. The van der Waals surface area contributed by atoms with Crippen molar-refractivity contribution in [1.82, 2.24) is 4.90 Å². The number of rotatable bonds is 1. The molecule has 2 unspecified atom stereocenters. The molecule has 3 rings (SSSR count). The van der Waals surface area contributed by atoms with Crippen LogP contribution in [0.4, 0.5) is 4.39 Å². The number of carbonyl (C=O) groups is 1. The zero-order valence-corrected chi connectivity index (χ0v) is 9.43. The van der Waals surface area contributed by atoms with Crippen molar-refractivity contribution in [2.24, 2.45) is 11.8 Å². The minimum atomic E-state index is -0.312. The summed E-state index contributed by atoms with van der Waals surface area (Å²) in [6, 6.07) is 5.74. The van der Waals surface area contributed by atoms with Crippen LogP contribution in [0.1, 0.15) is 10.4 Å². The van der Waals surface area contributed by atoms with E-state index in [9.17, 15) is 9.18 Å². The Bertz CT molecular complexity index is 420. The Morgan fingerprint density at radius 2 is 1.76 bits per heavy atom. The monoisotopic (exact) mass is 235 g/mol. The van der Waals surface area contributed by atoms with Crippen LogP contribution in [0.25, 0.3) is 0 Å². The molecule has 0 spiro atoms. The molecule has 2 aliphatic heterocycles. The van der Waals surface area contributed by atoms with Crippen molar-refractivity contribution in [3.63, 3.8) is 0 Å². The Morgan fingerprint density at radius 1 is 1.18 bits per heavy atom. The smallest absolute Gasteiger partial charge is 0.253 e. The fourth-order valence-corrected chi connectivity index (χ4v) is 2.63. The first kappa shape index (κ1) is 10.7. The Hall–Kier alpha value is -1.42. The zero-order chi connectivity index (χ0) is 11.8. The first-order valence-corrected chi connectivity index (χ1v) is 5.86. The first-order valence-electron chi connectivity index (χ1n) is 5.86. The minimum absolute atomic E-state index is 0.000556. The largest absolute Gasteiger partial charge is 0.381 e. The van der Waals surface area contributed by atoms with Crippen molar-refractivity contribution in [3.05, 3.63) is 35.6 Å². The number of fused-ring (bicyclic) bond motifs is 1. The predicted octanol–water partition coefficient (Wildman–Crippen LogP) is 1.54. The molecule has 1 aromatic carbocycles. The van der Waals surface area contributed by atoms with E-state index in [4.69, 9.17) is 4.74 Å². The van der Waals surface area contributed by atoms with Gasteiger partial charge in [0.15, 0.2) is 0 Å². The van der Waals surface area contributed by atoms with Crippen molar-refractivity contribution in [2.75, 3.05) is 26.3 Å². The van der Waals surface area contributed by atoms with Gasteiger partial charge in [-0.1, -0.05) is 0 Å². The van der Waals surface area contributed by atoms with Gasteiger partial charge in [0.1, 0.15) is 5.82 Å². The van der Waals surface area contributed by atoms with E-state index in [1.54, 1.807) is 12.1 Å². The standard InChI is InChI=1S/C13H14FNO2/c14-12-3-1-9(2-4-12)13(16)15-5-10-7-17-8-11(10)6-15/h1-4,10-11H,5-8H2. The van der Waals surface area contributed by atoms with Crippen LogP contribution in [0.15, 0.2) is 24.3 Å². The number of benzene rings is 1. The second-order valence-electron chi connectivity index (χ2n) is 4.77. The van der Waals surface area contributed by atoms with Gasteiger partial charge in [-0.15, -0.1) is 0 Å². The van der Waals surface area contributed by atoms with Crippen LogP contribution < -0.4 is 0 Å². The SMILES string of the molecule is O=C(c1ccc(F)cc1)N1CC2COCC2C1. The predicted molar refractivity (Wildman–Crippen MR) is 60.1 cm³/mol. The average molecular weight is 235 g/mol. The minimum Gasteiger partial charge on any atom is -0.381 e. The summed E-state index contributed by atoms with van der Waals surface area (Å²) < 4.78 is 18.1. The summed E-state index contributed by atoms with van der Waals surface area (Å²) in [6.45, 7) is 3.05. The number of hydrogen-bond acceptors (Lipinski definition) is 2. The topological polar surface area (TPSA) is 29.5 Å². The molecule has 17 heavy (non-hydrogen) atoms. The Morgan fingerprint density at radius 3 is 2.35 bits per heavy atom. The molecule has 1 aromatic rings. The van der Waals surface area contributed by atoms with Gasteiger partial charge in [0, 0.05) is 30.5 Å². The summed E-state index contributed by atoms with van der Waals surface area (Å²) in [4.78, 5) is 14.0. The molecule has 0 saturated carbocycles. The molecule has 2 heterocycles. The van der Waals surface area contributed by atoms with E-state index in [1.165, 1.54) is 12.1 Å². The number of carbonyl (C=O) groups excluding carboxylic acids is 1. The Balaban J connectivity index is 1.73. The van der Waals surface area contributed by atoms with E-state index in [0.29, 0.717) is 17.4 Å². The van der Waals surface area contributed by atoms with Crippen LogP contribution >= 0.6 is 0 Å². The molecule has 0 aromatic heterocycles. The lowest BCUT2D eigenvalue weighted by atomic mass is 10.0. The second kappa shape index (κ2) is 4.11. The highest BCUT2D eigenvalue weighted by atomic mass is 19.1. The van der Waals surface area contributed by atoms with Gasteiger partial charge in [-0.2, -0.15) is 0 Å². The first-order chi connectivity index (χ1) is 8.24. The molecule has 4 heteroatoms. The van der Waals surface area contributed by atoms with Crippen molar-refractivity contribution in [2.45, 2.75) is 0 Å². The number of amides is 1. The summed E-state index contributed by atoms with van der Waals surface area (Å²) in [5.74, 6) is 0.659. The Labute approximate surface area is 99.2 Å². The van der Waals surface area contributed by atoms with Gasteiger partial charge in [0.25, 0.3) is 5.91 Å². The summed E-state index contributed by atoms with van der Waals surface area (Å²) in [6.07, 6.45) is 0. The highest BCUT2D eigenvalue weighted by molar-refractivity contribution is 5.94. The quantitative estimate of drug-likeness (QED) is 0.739. The van der Waals surface area contributed by atoms with Crippen LogP contribution in [0.2, 0.25) is 0 Å². The van der Waals surface area contributed by atoms with E-state index < -0.39 is 0 Å². The van der Waals surface area contributed by atoms with E-state index in [-0.39, 0.29) is 11.7 Å². The highest BCUT2D eigenvalue weighted by Gasteiger charge is 2.39. The third kappa shape index (κ3) is 1.93. The van der Waals surface area contributed by atoms with Gasteiger partial charge in [-0.3, -0.25) is 4.79 Å². The number of hydrogen-bond donors (Lipinski definition) is 0. The third-order valence-electron chi connectivity index (χ3n) is 3.62. The molecular formula is C13H14FNO2. The lowest BCUT2D eigenvalue weighted by Crippen LogP contribution is -2.30. The van der Waals surface area contributed by atoms with Gasteiger partial charge in [-0.25, -0.2) is 4.39 Å². The fourth-order valence-electron chi connectivity index (χ4n) is 2.63. The van der Waals surface area contributed by atoms with Gasteiger partial charge < -0.3 is 9.64 Å². The molecule has 1 amide bonds. The van der Waals surface area contributed by atoms with E-state index in [1.807, 2.05) is 4.90 Å². The summed E-state index contributed by atoms with van der Waals surface area (Å²) >= 11 is 0. The fraction of sp³-hybridized carbons (Fsp3) is 0.462. The van der Waals surface area contributed by atoms with Crippen LogP contribution in [0, 0.1) is 17.7 Å². The molecular weight excluding hydrogens is 221 g/mol. The molecule has 90 valence electrons. The molecule has 0 radical (unpaired) electrons. The maximum Gasteiger partial charge on any atom is 0.253 e. The van der Waals surface area contributed by atoms with Crippen molar-refractivity contribution >= 4 is 5.91 Å². The molecule has 0 bridgehead atoms.